The number of nitrogens with one attached hydrogen (secondary N) is 1. The highest BCUT2D eigenvalue weighted by Crippen LogP contribution is 2.11. The molecular formula is C15H19NO5. The van der Waals surface area contributed by atoms with Crippen molar-refractivity contribution in [3.63, 3.8) is 0 Å². The van der Waals surface area contributed by atoms with E-state index in [1.165, 1.54) is 6.92 Å². The van der Waals surface area contributed by atoms with E-state index in [4.69, 9.17) is 9.84 Å². The lowest BCUT2D eigenvalue weighted by Gasteiger charge is -2.12. The van der Waals surface area contributed by atoms with Crippen LogP contribution in [0.25, 0.3) is 0 Å². The lowest BCUT2D eigenvalue weighted by Crippen LogP contribution is -2.21. The summed E-state index contributed by atoms with van der Waals surface area (Å²) >= 11 is 0. The first-order chi connectivity index (χ1) is 9.88. The quantitative estimate of drug-likeness (QED) is 0.492. The Hall–Kier alpha value is -2.34. The van der Waals surface area contributed by atoms with Gasteiger partial charge in [-0.05, 0) is 24.6 Å². The third-order valence-corrected chi connectivity index (χ3v) is 2.62. The number of carboxylic acids is 1. The number of aliphatic hydroxyl groups is 1. The third-order valence-electron chi connectivity index (χ3n) is 2.62. The van der Waals surface area contributed by atoms with Gasteiger partial charge in [-0.15, -0.1) is 0 Å². The van der Waals surface area contributed by atoms with Crippen molar-refractivity contribution >= 4 is 17.6 Å². The van der Waals surface area contributed by atoms with Crippen LogP contribution in [0.3, 0.4) is 0 Å². The first-order valence-corrected chi connectivity index (χ1v) is 6.43. The summed E-state index contributed by atoms with van der Waals surface area (Å²) in [4.78, 5) is 21.6. The van der Waals surface area contributed by atoms with Crippen molar-refractivity contribution in [1.29, 1.82) is 0 Å². The number of carbonyl (C=O) groups excluding carboxylic acids is 1. The van der Waals surface area contributed by atoms with Crippen LogP contribution in [-0.2, 0) is 20.7 Å². The smallest absolute Gasteiger partial charge is 0.333 e. The lowest BCUT2D eigenvalue weighted by atomic mass is 10.1. The minimum absolute atomic E-state index is 0.0926. The van der Waals surface area contributed by atoms with Crippen molar-refractivity contribution in [3.8, 4) is 0 Å². The van der Waals surface area contributed by atoms with Crippen molar-refractivity contribution in [1.82, 2.24) is 0 Å². The van der Waals surface area contributed by atoms with Gasteiger partial charge in [0.2, 0.25) is 0 Å². The Morgan fingerprint density at radius 3 is 2.48 bits per heavy atom. The van der Waals surface area contributed by atoms with Gasteiger partial charge in [0.15, 0.2) is 0 Å². The molecule has 0 heterocycles. The van der Waals surface area contributed by atoms with Gasteiger partial charge in [-0.1, -0.05) is 18.7 Å². The summed E-state index contributed by atoms with van der Waals surface area (Å²) in [5.74, 6) is -1.46. The zero-order chi connectivity index (χ0) is 15.8. The summed E-state index contributed by atoms with van der Waals surface area (Å²) in [5.41, 5.74) is 1.83. The van der Waals surface area contributed by atoms with Crippen LogP contribution in [0, 0.1) is 0 Å². The largest absolute Gasteiger partial charge is 0.480 e. The minimum atomic E-state index is -0.936. The fourth-order valence-corrected chi connectivity index (χ4v) is 1.56. The van der Waals surface area contributed by atoms with Crippen LogP contribution in [0.4, 0.5) is 5.69 Å². The highest BCUT2D eigenvalue weighted by atomic mass is 16.5. The molecule has 1 unspecified atom stereocenters. The van der Waals surface area contributed by atoms with E-state index in [0.717, 1.165) is 5.56 Å². The summed E-state index contributed by atoms with van der Waals surface area (Å²) in [5, 5.41) is 21.1. The summed E-state index contributed by atoms with van der Waals surface area (Å²) in [6.07, 6.45) is -0.464. The van der Waals surface area contributed by atoms with E-state index < -0.39 is 18.0 Å². The van der Waals surface area contributed by atoms with E-state index in [0.29, 0.717) is 12.1 Å². The number of aliphatic carboxylic acids is 1. The number of anilines is 1. The molecule has 0 spiro atoms. The maximum Gasteiger partial charge on any atom is 0.333 e. The second-order valence-corrected chi connectivity index (χ2v) is 4.68. The monoisotopic (exact) mass is 293 g/mol. The molecule has 21 heavy (non-hydrogen) atoms. The van der Waals surface area contributed by atoms with Crippen molar-refractivity contribution in [2.75, 3.05) is 18.5 Å². The molecule has 6 heteroatoms. The molecule has 0 bridgehead atoms. The highest BCUT2D eigenvalue weighted by molar-refractivity contribution is 5.86. The second kappa shape index (κ2) is 8.06. The molecule has 3 N–H and O–H groups in total. The maximum absolute atomic E-state index is 11.2. The summed E-state index contributed by atoms with van der Waals surface area (Å²) < 4.78 is 4.86. The number of carbonyl (C=O) groups is 2. The average molecular weight is 293 g/mol. The topological polar surface area (TPSA) is 95.9 Å². The zero-order valence-electron chi connectivity index (χ0n) is 11.8. The van der Waals surface area contributed by atoms with Gasteiger partial charge in [-0.3, -0.25) is 4.79 Å². The zero-order valence-corrected chi connectivity index (χ0v) is 11.8. The second-order valence-electron chi connectivity index (χ2n) is 4.68. The van der Waals surface area contributed by atoms with Crippen molar-refractivity contribution < 1.29 is 24.5 Å². The molecule has 6 nitrogen and oxygen atoms in total. The fourth-order valence-electron chi connectivity index (χ4n) is 1.56. The number of rotatable bonds is 8. The number of hydrogen-bond donors (Lipinski definition) is 3. The van der Waals surface area contributed by atoms with Crippen LogP contribution in [0.1, 0.15) is 12.5 Å². The maximum atomic E-state index is 11.2. The molecule has 0 fully saturated rings. The Bertz CT molecular complexity index is 509. The molecule has 0 amide bonds. The molecule has 1 aromatic rings. The van der Waals surface area contributed by atoms with Gasteiger partial charge in [0, 0.05) is 17.7 Å². The van der Waals surface area contributed by atoms with E-state index in [2.05, 4.69) is 11.9 Å². The summed E-state index contributed by atoms with van der Waals surface area (Å²) in [6.45, 7) is 4.74. The number of esters is 1. The van der Waals surface area contributed by atoms with Gasteiger partial charge >= 0.3 is 11.9 Å². The van der Waals surface area contributed by atoms with E-state index in [1.807, 2.05) is 0 Å². The molecule has 0 saturated carbocycles. The number of ether oxygens (including phenoxy) is 1. The van der Waals surface area contributed by atoms with Crippen LogP contribution < -0.4 is 5.32 Å². The van der Waals surface area contributed by atoms with Gasteiger partial charge < -0.3 is 20.3 Å². The van der Waals surface area contributed by atoms with Crippen LogP contribution in [0.15, 0.2) is 36.4 Å². The SMILES string of the molecule is C=C(C)C(=O)OCC(O)Cc1ccc(NCC(=O)O)cc1. The van der Waals surface area contributed by atoms with Crippen LogP contribution in [0.2, 0.25) is 0 Å². The standard InChI is InChI=1S/C15H19NO5/c1-10(2)15(20)21-9-13(17)7-11-3-5-12(6-4-11)16-8-14(18)19/h3-6,13,16-17H,1,7-9H2,2H3,(H,18,19). The van der Waals surface area contributed by atoms with Crippen molar-refractivity contribution in [2.24, 2.45) is 0 Å². The first kappa shape index (κ1) is 16.7. The molecule has 0 saturated heterocycles. The third kappa shape index (κ3) is 6.58. The van der Waals surface area contributed by atoms with Crippen LogP contribution in [0.5, 0.6) is 0 Å². The summed E-state index contributed by atoms with van der Waals surface area (Å²) in [7, 11) is 0. The molecule has 0 aliphatic carbocycles. The van der Waals surface area contributed by atoms with Gasteiger partial charge in [0.25, 0.3) is 0 Å². The molecule has 0 radical (unpaired) electrons. The molecule has 1 aromatic carbocycles. The predicted octanol–water partition coefficient (Wildman–Crippen LogP) is 1.21. The van der Waals surface area contributed by atoms with Crippen LogP contribution >= 0.6 is 0 Å². The number of benzene rings is 1. The van der Waals surface area contributed by atoms with Gasteiger partial charge in [0.05, 0.1) is 6.10 Å². The lowest BCUT2D eigenvalue weighted by molar-refractivity contribution is -0.141. The van der Waals surface area contributed by atoms with Gasteiger partial charge in [-0.2, -0.15) is 0 Å². The molecule has 1 rings (SSSR count). The molecule has 114 valence electrons. The Balaban J connectivity index is 2.42. The normalized spacial score (nSPS) is 11.5. The Morgan fingerprint density at radius 1 is 1.33 bits per heavy atom. The Labute approximate surface area is 123 Å². The summed E-state index contributed by atoms with van der Waals surface area (Å²) in [6, 6.07) is 7.00. The van der Waals surface area contributed by atoms with E-state index in [-0.39, 0.29) is 18.7 Å². The Kier molecular flexibility index (Phi) is 6.42. The van der Waals surface area contributed by atoms with Crippen molar-refractivity contribution in [2.45, 2.75) is 19.4 Å². The highest BCUT2D eigenvalue weighted by Gasteiger charge is 2.10. The molecular weight excluding hydrogens is 274 g/mol. The fraction of sp³-hybridized carbons (Fsp3) is 0.333. The first-order valence-electron chi connectivity index (χ1n) is 6.43. The van der Waals surface area contributed by atoms with Crippen LogP contribution in [-0.4, -0.2) is 41.4 Å². The number of aliphatic hydroxyl groups excluding tert-OH is 1. The van der Waals surface area contributed by atoms with E-state index in [1.54, 1.807) is 24.3 Å². The predicted molar refractivity (Wildman–Crippen MR) is 78.1 cm³/mol. The number of carboxylic acid groups (broad SMARTS) is 1. The van der Waals surface area contributed by atoms with Gasteiger partial charge in [0.1, 0.15) is 13.2 Å². The van der Waals surface area contributed by atoms with E-state index >= 15 is 0 Å². The molecule has 0 aliphatic rings. The van der Waals surface area contributed by atoms with Gasteiger partial charge in [-0.25, -0.2) is 4.79 Å². The molecule has 1 atom stereocenters. The number of hydrogen-bond acceptors (Lipinski definition) is 5. The molecule has 0 aliphatic heterocycles. The molecule has 0 aromatic heterocycles. The average Bonchev–Trinajstić information content (AvgIpc) is 2.43. The Morgan fingerprint density at radius 2 is 1.95 bits per heavy atom. The van der Waals surface area contributed by atoms with Crippen molar-refractivity contribution in [3.05, 3.63) is 42.0 Å². The minimum Gasteiger partial charge on any atom is -0.480 e. The van der Waals surface area contributed by atoms with E-state index in [9.17, 15) is 14.7 Å².